The van der Waals surface area contributed by atoms with Gasteiger partial charge < -0.3 is 15.2 Å². The minimum absolute atomic E-state index is 0. The predicted molar refractivity (Wildman–Crippen MR) is 78.4 cm³/mol. The van der Waals surface area contributed by atoms with Crippen molar-refractivity contribution in [3.63, 3.8) is 0 Å². The lowest BCUT2D eigenvalue weighted by molar-refractivity contribution is -0.146. The monoisotopic (exact) mass is 395 g/mol. The summed E-state index contributed by atoms with van der Waals surface area (Å²) in [7, 11) is 0.913. The molecule has 0 aliphatic carbocycles. The fourth-order valence-corrected chi connectivity index (χ4v) is 2.08. The van der Waals surface area contributed by atoms with E-state index in [1.807, 2.05) is 0 Å². The highest BCUT2D eigenvalue weighted by Gasteiger charge is 2.41. The number of nitrogens with two attached hydrogens (primary N) is 1. The van der Waals surface area contributed by atoms with Crippen LogP contribution in [0.25, 0.3) is 0 Å². The molecule has 1 atom stereocenters. The number of benzene rings is 1. The van der Waals surface area contributed by atoms with Crippen LogP contribution >= 0.6 is 12.4 Å². The van der Waals surface area contributed by atoms with Gasteiger partial charge >= 0.3 is 18.3 Å². The van der Waals surface area contributed by atoms with Crippen molar-refractivity contribution in [2.75, 3.05) is 13.7 Å². The molecule has 0 aliphatic heterocycles. The van der Waals surface area contributed by atoms with E-state index in [0.29, 0.717) is 6.07 Å². The summed E-state index contributed by atoms with van der Waals surface area (Å²) in [5.74, 6) is -1.57. The van der Waals surface area contributed by atoms with Crippen LogP contribution in [0.2, 0.25) is 0 Å². The smallest absolute Gasteiger partial charge is 0.416 e. The molecule has 4 nitrogen and oxygen atoms in total. The second-order valence-corrected chi connectivity index (χ2v) is 4.75. The number of ether oxygens (including phenoxy) is 2. The van der Waals surface area contributed by atoms with Crippen LogP contribution < -0.4 is 10.5 Å². The Kier molecular flexibility index (Phi) is 8.03. The average Bonchev–Trinajstić information content (AvgIpc) is 2.43. The largest absolute Gasteiger partial charge is 0.496 e. The fraction of sp³-hybridized carbons (Fsp3) is 0.500. The molecule has 11 heteroatoms. The lowest BCUT2D eigenvalue weighted by Gasteiger charge is -2.22. The van der Waals surface area contributed by atoms with Crippen LogP contribution in [0.3, 0.4) is 0 Å². The molecule has 25 heavy (non-hydrogen) atoms. The van der Waals surface area contributed by atoms with Crippen molar-refractivity contribution in [2.24, 2.45) is 5.73 Å². The third-order valence-electron chi connectivity index (χ3n) is 3.06. The second kappa shape index (κ2) is 8.61. The summed E-state index contributed by atoms with van der Waals surface area (Å²) in [4.78, 5) is 11.4. The van der Waals surface area contributed by atoms with E-state index in [-0.39, 0.29) is 25.1 Å². The minimum Gasteiger partial charge on any atom is -0.496 e. The van der Waals surface area contributed by atoms with Crippen molar-refractivity contribution in [3.8, 4) is 5.75 Å². The third kappa shape index (κ3) is 5.96. The van der Waals surface area contributed by atoms with Crippen LogP contribution in [0.4, 0.5) is 26.3 Å². The molecule has 1 aromatic rings. The maximum absolute atomic E-state index is 13.2. The number of hydrogen-bond acceptors (Lipinski definition) is 4. The molecule has 0 aromatic heterocycles. The zero-order chi connectivity index (χ0) is 18.7. The Labute approximate surface area is 145 Å². The lowest BCUT2D eigenvalue weighted by Crippen LogP contribution is -2.23. The summed E-state index contributed by atoms with van der Waals surface area (Å²) >= 11 is 0. The summed E-state index contributed by atoms with van der Waals surface area (Å²) in [5.41, 5.74) is 1.73. The SMILES string of the molecule is CCOC(=O)C[C@@H](N)c1c(OC)cc(C(F)(F)F)cc1C(F)(F)F.Cl. The number of halogens is 7. The molecule has 0 unspecified atom stereocenters. The van der Waals surface area contributed by atoms with Gasteiger partial charge in [0.2, 0.25) is 0 Å². The average molecular weight is 396 g/mol. The van der Waals surface area contributed by atoms with Crippen molar-refractivity contribution >= 4 is 18.4 Å². The first-order valence-electron chi connectivity index (χ1n) is 6.69. The van der Waals surface area contributed by atoms with Crippen LogP contribution in [0.15, 0.2) is 12.1 Å². The number of carbonyl (C=O) groups excluding carboxylic acids is 1. The number of rotatable bonds is 5. The highest BCUT2D eigenvalue weighted by Crippen LogP contribution is 2.43. The topological polar surface area (TPSA) is 61.5 Å². The molecule has 0 amide bonds. The number of alkyl halides is 6. The Hall–Kier alpha value is -1.68. The molecule has 144 valence electrons. The number of carbonyl (C=O) groups is 1. The molecule has 2 N–H and O–H groups in total. The Bertz CT molecular complexity index is 603. The van der Waals surface area contributed by atoms with Crippen LogP contribution in [-0.4, -0.2) is 19.7 Å². The Morgan fingerprint density at radius 2 is 1.72 bits per heavy atom. The summed E-state index contributed by atoms with van der Waals surface area (Å²) < 4.78 is 87.2. The molecule has 1 rings (SSSR count). The van der Waals surface area contributed by atoms with Gasteiger partial charge in [-0.05, 0) is 19.1 Å². The van der Waals surface area contributed by atoms with Gasteiger partial charge in [0.25, 0.3) is 0 Å². The van der Waals surface area contributed by atoms with Crippen molar-refractivity contribution in [2.45, 2.75) is 31.7 Å². The predicted octanol–water partition coefficient (Wildman–Crippen LogP) is 4.11. The number of esters is 1. The molecular weight excluding hydrogens is 380 g/mol. The van der Waals surface area contributed by atoms with E-state index in [1.165, 1.54) is 6.92 Å². The van der Waals surface area contributed by atoms with Gasteiger partial charge in [-0.3, -0.25) is 4.79 Å². The molecule has 1 aromatic carbocycles. The van der Waals surface area contributed by atoms with E-state index < -0.39 is 53.2 Å². The zero-order valence-electron chi connectivity index (χ0n) is 13.1. The molecule has 0 fully saturated rings. The van der Waals surface area contributed by atoms with Gasteiger partial charge in [0, 0.05) is 11.6 Å². The van der Waals surface area contributed by atoms with E-state index in [9.17, 15) is 31.1 Å². The molecule has 0 radical (unpaired) electrons. The van der Waals surface area contributed by atoms with Crippen molar-refractivity contribution in [3.05, 3.63) is 28.8 Å². The number of hydrogen-bond donors (Lipinski definition) is 1. The zero-order valence-corrected chi connectivity index (χ0v) is 13.9. The van der Waals surface area contributed by atoms with E-state index in [2.05, 4.69) is 9.47 Å². The van der Waals surface area contributed by atoms with Gasteiger partial charge in [-0.15, -0.1) is 12.4 Å². The molecule has 0 aliphatic rings. The van der Waals surface area contributed by atoms with Gasteiger partial charge in [-0.2, -0.15) is 26.3 Å². The maximum Gasteiger partial charge on any atom is 0.416 e. The van der Waals surface area contributed by atoms with E-state index in [4.69, 9.17) is 5.73 Å². The standard InChI is InChI=1S/C14H15F6NO3.ClH/c1-3-24-11(22)6-9(21)12-8(14(18,19)20)4-7(13(15,16)17)5-10(12)23-2;/h4-5,9H,3,6,21H2,1-2H3;1H/t9-;/m1./s1. The van der Waals surface area contributed by atoms with Gasteiger partial charge in [-0.25, -0.2) is 0 Å². The highest BCUT2D eigenvalue weighted by atomic mass is 35.5. The van der Waals surface area contributed by atoms with Crippen LogP contribution in [-0.2, 0) is 21.9 Å². The Balaban J connectivity index is 0.00000576. The minimum atomic E-state index is -5.11. The fourth-order valence-electron chi connectivity index (χ4n) is 2.08. The first kappa shape index (κ1) is 23.3. The summed E-state index contributed by atoms with van der Waals surface area (Å²) in [6.07, 6.45) is -10.8. The van der Waals surface area contributed by atoms with Crippen LogP contribution in [0.1, 0.15) is 36.1 Å². The van der Waals surface area contributed by atoms with Crippen molar-refractivity contribution < 1.29 is 40.6 Å². The van der Waals surface area contributed by atoms with Gasteiger partial charge in [-0.1, -0.05) is 0 Å². The van der Waals surface area contributed by atoms with Crippen molar-refractivity contribution in [1.29, 1.82) is 0 Å². The summed E-state index contributed by atoms with van der Waals surface area (Å²) in [6, 6.07) is -1.18. The van der Waals surface area contributed by atoms with Crippen LogP contribution in [0.5, 0.6) is 5.75 Å². The van der Waals surface area contributed by atoms with Gasteiger partial charge in [0.1, 0.15) is 5.75 Å². The van der Waals surface area contributed by atoms with Crippen LogP contribution in [0, 0.1) is 0 Å². The quantitative estimate of drug-likeness (QED) is 0.602. The number of methoxy groups -OCH3 is 1. The highest BCUT2D eigenvalue weighted by molar-refractivity contribution is 5.85. The second-order valence-electron chi connectivity index (χ2n) is 4.75. The summed E-state index contributed by atoms with van der Waals surface area (Å²) in [6.45, 7) is 1.48. The molecule has 0 saturated carbocycles. The Morgan fingerprint density at radius 1 is 1.16 bits per heavy atom. The molecule has 0 saturated heterocycles. The first-order valence-corrected chi connectivity index (χ1v) is 6.69. The lowest BCUT2D eigenvalue weighted by atomic mass is 9.94. The molecular formula is C14H16ClF6NO3. The molecule has 0 heterocycles. The Morgan fingerprint density at radius 3 is 2.12 bits per heavy atom. The third-order valence-corrected chi connectivity index (χ3v) is 3.06. The molecule has 0 bridgehead atoms. The van der Waals surface area contributed by atoms with Gasteiger partial charge in [0.15, 0.2) is 0 Å². The molecule has 0 spiro atoms. The van der Waals surface area contributed by atoms with E-state index in [0.717, 1.165) is 7.11 Å². The summed E-state index contributed by atoms with van der Waals surface area (Å²) in [5, 5.41) is 0. The maximum atomic E-state index is 13.2. The van der Waals surface area contributed by atoms with Crippen molar-refractivity contribution in [1.82, 2.24) is 0 Å². The van der Waals surface area contributed by atoms with E-state index >= 15 is 0 Å². The van der Waals surface area contributed by atoms with E-state index in [1.54, 1.807) is 0 Å². The normalized spacial score (nSPS) is 13.0. The van der Waals surface area contributed by atoms with Gasteiger partial charge in [0.05, 0.1) is 31.3 Å². The first-order chi connectivity index (χ1) is 10.9.